The second-order valence-electron chi connectivity index (χ2n) is 7.00. The number of ether oxygens (including phenoxy) is 2. The van der Waals surface area contributed by atoms with Gasteiger partial charge in [-0.3, -0.25) is 4.79 Å². The Morgan fingerprint density at radius 3 is 2.52 bits per heavy atom. The maximum absolute atomic E-state index is 13.5. The number of carbonyl (C=O) groups excluding carboxylic acids is 2. The number of morpholine rings is 1. The Morgan fingerprint density at radius 1 is 1.07 bits per heavy atom. The molecule has 3 rings (SSSR count). The summed E-state index contributed by atoms with van der Waals surface area (Å²) in [5.74, 6) is -1.26. The van der Waals surface area contributed by atoms with Gasteiger partial charge in [0.2, 0.25) is 0 Å². The molecule has 2 N–H and O–H groups in total. The molecular formula is C22H26FN2O4+. The van der Waals surface area contributed by atoms with Gasteiger partial charge < -0.3 is 19.7 Å². The van der Waals surface area contributed by atoms with Crippen LogP contribution in [0.25, 0.3) is 0 Å². The highest BCUT2D eigenvalue weighted by Gasteiger charge is 2.15. The summed E-state index contributed by atoms with van der Waals surface area (Å²) in [7, 11) is 0. The molecule has 1 amide bonds. The lowest BCUT2D eigenvalue weighted by Gasteiger charge is -2.23. The van der Waals surface area contributed by atoms with Gasteiger partial charge in [-0.2, -0.15) is 0 Å². The van der Waals surface area contributed by atoms with Crippen molar-refractivity contribution in [1.29, 1.82) is 0 Å². The van der Waals surface area contributed by atoms with Crippen LogP contribution in [0.1, 0.15) is 21.5 Å². The predicted octanol–water partition coefficient (Wildman–Crippen LogP) is 0.757. The first-order chi connectivity index (χ1) is 14.1. The second-order valence-corrected chi connectivity index (χ2v) is 7.00. The molecule has 0 aliphatic carbocycles. The molecule has 2 aromatic rings. The van der Waals surface area contributed by atoms with E-state index in [1.54, 1.807) is 30.3 Å². The first-order valence-electron chi connectivity index (χ1n) is 9.79. The summed E-state index contributed by atoms with van der Waals surface area (Å²) in [5, 5.41) is 2.62. The summed E-state index contributed by atoms with van der Waals surface area (Å²) >= 11 is 0. The number of carbonyl (C=O) groups is 2. The molecule has 0 radical (unpaired) electrons. The van der Waals surface area contributed by atoms with Gasteiger partial charge in [0.15, 0.2) is 6.61 Å². The molecule has 0 saturated carbocycles. The molecule has 0 atom stereocenters. The first kappa shape index (κ1) is 21.0. The number of halogens is 1. The number of benzene rings is 2. The van der Waals surface area contributed by atoms with Gasteiger partial charge in [-0.05, 0) is 30.2 Å². The van der Waals surface area contributed by atoms with E-state index in [0.29, 0.717) is 17.5 Å². The Morgan fingerprint density at radius 2 is 1.79 bits per heavy atom. The Labute approximate surface area is 169 Å². The van der Waals surface area contributed by atoms with Crippen LogP contribution >= 0.6 is 0 Å². The Kier molecular flexibility index (Phi) is 7.72. The summed E-state index contributed by atoms with van der Waals surface area (Å²) < 4.78 is 23.9. The largest absolute Gasteiger partial charge is 0.452 e. The van der Waals surface area contributed by atoms with E-state index in [1.165, 1.54) is 11.0 Å². The van der Waals surface area contributed by atoms with Gasteiger partial charge in [0, 0.05) is 12.1 Å². The number of amides is 1. The van der Waals surface area contributed by atoms with Crippen molar-refractivity contribution in [2.45, 2.75) is 13.0 Å². The third kappa shape index (κ3) is 6.66. The molecule has 29 heavy (non-hydrogen) atoms. The fourth-order valence-electron chi connectivity index (χ4n) is 3.19. The van der Waals surface area contributed by atoms with Gasteiger partial charge in [0.25, 0.3) is 5.91 Å². The maximum atomic E-state index is 13.5. The molecule has 0 spiro atoms. The SMILES string of the molecule is O=C(COC(=O)c1ccc(C[NH+]2CCOCC2)cc1)NCCc1ccccc1F. The average Bonchev–Trinajstić information content (AvgIpc) is 2.75. The van der Waals surface area contributed by atoms with Crippen LogP contribution in [-0.4, -0.2) is 51.3 Å². The van der Waals surface area contributed by atoms with Gasteiger partial charge in [0.1, 0.15) is 25.5 Å². The Bertz CT molecular complexity index is 820. The highest BCUT2D eigenvalue weighted by molar-refractivity contribution is 5.91. The minimum absolute atomic E-state index is 0.274. The molecule has 7 heteroatoms. The lowest BCUT2D eigenvalue weighted by molar-refractivity contribution is -0.921. The van der Waals surface area contributed by atoms with E-state index >= 15 is 0 Å². The van der Waals surface area contributed by atoms with E-state index in [9.17, 15) is 14.0 Å². The molecule has 1 aliphatic rings. The summed E-state index contributed by atoms with van der Waals surface area (Å²) in [6.45, 7) is 4.32. The van der Waals surface area contributed by atoms with E-state index < -0.39 is 11.9 Å². The van der Waals surface area contributed by atoms with Crippen molar-refractivity contribution in [3.8, 4) is 0 Å². The van der Waals surface area contributed by atoms with Crippen molar-refractivity contribution < 1.29 is 28.4 Å². The van der Waals surface area contributed by atoms with Crippen LogP contribution in [0.4, 0.5) is 4.39 Å². The lowest BCUT2D eigenvalue weighted by atomic mass is 10.1. The van der Waals surface area contributed by atoms with Crippen molar-refractivity contribution in [3.05, 3.63) is 71.0 Å². The quantitative estimate of drug-likeness (QED) is 0.641. The molecule has 0 bridgehead atoms. The highest BCUT2D eigenvalue weighted by Crippen LogP contribution is 2.07. The number of quaternary nitrogens is 1. The van der Waals surface area contributed by atoms with Gasteiger partial charge in [-0.25, -0.2) is 9.18 Å². The topological polar surface area (TPSA) is 69.1 Å². The van der Waals surface area contributed by atoms with Crippen molar-refractivity contribution in [3.63, 3.8) is 0 Å². The van der Waals surface area contributed by atoms with Crippen LogP contribution in [0.15, 0.2) is 48.5 Å². The van der Waals surface area contributed by atoms with Gasteiger partial charge in [0.05, 0.1) is 18.8 Å². The molecule has 154 valence electrons. The summed E-state index contributed by atoms with van der Waals surface area (Å²) in [5.41, 5.74) is 2.08. The zero-order valence-corrected chi connectivity index (χ0v) is 16.3. The molecule has 1 heterocycles. The smallest absolute Gasteiger partial charge is 0.338 e. The Balaban J connectivity index is 1.38. The monoisotopic (exact) mass is 401 g/mol. The third-order valence-corrected chi connectivity index (χ3v) is 4.85. The van der Waals surface area contributed by atoms with Crippen LogP contribution in [0.5, 0.6) is 0 Å². The van der Waals surface area contributed by atoms with Crippen LogP contribution in [0.3, 0.4) is 0 Å². The highest BCUT2D eigenvalue weighted by atomic mass is 19.1. The van der Waals surface area contributed by atoms with Gasteiger partial charge in [-0.15, -0.1) is 0 Å². The number of rotatable bonds is 8. The number of nitrogens with one attached hydrogen (secondary N) is 2. The van der Waals surface area contributed by atoms with Crippen LogP contribution in [0.2, 0.25) is 0 Å². The van der Waals surface area contributed by atoms with E-state index in [2.05, 4.69) is 5.32 Å². The molecule has 0 unspecified atom stereocenters. The van der Waals surface area contributed by atoms with Crippen molar-refractivity contribution >= 4 is 11.9 Å². The standard InChI is InChI=1S/C22H25FN2O4/c23-20-4-2-1-3-18(20)9-10-24-21(26)16-29-22(27)19-7-5-17(6-8-19)15-25-11-13-28-14-12-25/h1-8H,9-16H2,(H,24,26)/p+1. The minimum atomic E-state index is -0.542. The predicted molar refractivity (Wildman–Crippen MR) is 105 cm³/mol. The van der Waals surface area contributed by atoms with Crippen molar-refractivity contribution in [2.24, 2.45) is 0 Å². The first-order valence-corrected chi connectivity index (χ1v) is 9.79. The molecule has 1 saturated heterocycles. The van der Waals surface area contributed by atoms with E-state index in [-0.39, 0.29) is 19.0 Å². The zero-order valence-electron chi connectivity index (χ0n) is 16.3. The van der Waals surface area contributed by atoms with Crippen LogP contribution in [-0.2, 0) is 27.2 Å². The average molecular weight is 401 g/mol. The third-order valence-electron chi connectivity index (χ3n) is 4.85. The second kappa shape index (κ2) is 10.7. The zero-order chi connectivity index (χ0) is 20.5. The lowest BCUT2D eigenvalue weighted by Crippen LogP contribution is -3.12. The van der Waals surface area contributed by atoms with E-state index in [4.69, 9.17) is 9.47 Å². The van der Waals surface area contributed by atoms with Gasteiger partial charge >= 0.3 is 5.97 Å². The fourth-order valence-corrected chi connectivity index (χ4v) is 3.19. The molecule has 1 aliphatic heterocycles. The minimum Gasteiger partial charge on any atom is -0.452 e. The number of hydrogen-bond acceptors (Lipinski definition) is 4. The van der Waals surface area contributed by atoms with Crippen LogP contribution < -0.4 is 10.2 Å². The Hall–Kier alpha value is -2.77. The molecule has 0 aromatic heterocycles. The van der Waals surface area contributed by atoms with E-state index in [1.807, 2.05) is 12.1 Å². The summed E-state index contributed by atoms with van der Waals surface area (Å²) in [6, 6.07) is 13.7. The maximum Gasteiger partial charge on any atom is 0.338 e. The van der Waals surface area contributed by atoms with Crippen molar-refractivity contribution in [2.75, 3.05) is 39.5 Å². The summed E-state index contributed by atoms with van der Waals surface area (Å²) in [4.78, 5) is 25.4. The van der Waals surface area contributed by atoms with E-state index in [0.717, 1.165) is 38.4 Å². The molecule has 1 fully saturated rings. The molecule has 2 aromatic carbocycles. The summed E-state index contributed by atoms with van der Waals surface area (Å²) in [6.07, 6.45) is 0.374. The fraction of sp³-hybridized carbons (Fsp3) is 0.364. The van der Waals surface area contributed by atoms with Crippen LogP contribution in [0, 0.1) is 5.82 Å². The normalized spacial score (nSPS) is 14.4. The molecular weight excluding hydrogens is 375 g/mol. The molecule has 6 nitrogen and oxygen atoms in total. The van der Waals surface area contributed by atoms with Crippen molar-refractivity contribution in [1.82, 2.24) is 5.32 Å². The van der Waals surface area contributed by atoms with Gasteiger partial charge in [-0.1, -0.05) is 30.3 Å². The number of esters is 1. The number of hydrogen-bond donors (Lipinski definition) is 2.